The molecule has 1 rings (SSSR count). The molecular formula is C12H14ClN3O. The molecule has 0 fully saturated rings. The lowest BCUT2D eigenvalue weighted by molar-refractivity contribution is 0.0768. The van der Waals surface area contributed by atoms with Crippen LogP contribution in [0.15, 0.2) is 18.2 Å². The van der Waals surface area contributed by atoms with Gasteiger partial charge in [-0.3, -0.25) is 4.79 Å². The summed E-state index contributed by atoms with van der Waals surface area (Å²) in [6.07, 6.45) is 0.305. The minimum Gasteiger partial charge on any atom is -0.399 e. The monoisotopic (exact) mass is 251 g/mol. The molecule has 1 aromatic rings. The standard InChI is InChI=1S/C12H14ClN3O/c1-2-16(7-3-6-14)12(17)10-8-9(15)4-5-11(10)13/h4-5,8H,2-3,7,15H2,1H3. The van der Waals surface area contributed by atoms with Crippen molar-refractivity contribution in [3.05, 3.63) is 28.8 Å². The maximum Gasteiger partial charge on any atom is 0.255 e. The molecule has 0 aliphatic heterocycles. The summed E-state index contributed by atoms with van der Waals surface area (Å²) in [4.78, 5) is 13.7. The molecule has 90 valence electrons. The Hall–Kier alpha value is -1.73. The van der Waals surface area contributed by atoms with E-state index < -0.39 is 0 Å². The molecule has 0 heterocycles. The first-order valence-electron chi connectivity index (χ1n) is 5.31. The van der Waals surface area contributed by atoms with Crippen LogP contribution in [0.2, 0.25) is 5.02 Å². The van der Waals surface area contributed by atoms with Gasteiger partial charge < -0.3 is 10.6 Å². The lowest BCUT2D eigenvalue weighted by Crippen LogP contribution is -2.31. The molecule has 0 aliphatic carbocycles. The van der Waals surface area contributed by atoms with Gasteiger partial charge in [0.1, 0.15) is 0 Å². The topological polar surface area (TPSA) is 70.1 Å². The second-order valence-electron chi connectivity index (χ2n) is 3.53. The molecule has 4 nitrogen and oxygen atoms in total. The number of halogens is 1. The Kier molecular flexibility index (Phi) is 4.80. The zero-order valence-electron chi connectivity index (χ0n) is 9.61. The highest BCUT2D eigenvalue weighted by Gasteiger charge is 2.16. The Morgan fingerprint density at radius 3 is 2.88 bits per heavy atom. The third-order valence-electron chi connectivity index (χ3n) is 2.38. The number of nitriles is 1. The number of hydrogen-bond donors (Lipinski definition) is 1. The van der Waals surface area contributed by atoms with Gasteiger partial charge in [0.05, 0.1) is 23.1 Å². The highest BCUT2D eigenvalue weighted by atomic mass is 35.5. The molecule has 0 spiro atoms. The molecule has 1 amide bonds. The summed E-state index contributed by atoms with van der Waals surface area (Å²) in [7, 11) is 0. The lowest BCUT2D eigenvalue weighted by Gasteiger charge is -2.20. The summed E-state index contributed by atoms with van der Waals surface area (Å²) in [5.41, 5.74) is 6.50. The average molecular weight is 252 g/mol. The van der Waals surface area contributed by atoms with E-state index >= 15 is 0 Å². The number of nitrogens with zero attached hydrogens (tertiary/aromatic N) is 2. The summed E-state index contributed by atoms with van der Waals surface area (Å²) in [5.74, 6) is -0.194. The van der Waals surface area contributed by atoms with Gasteiger partial charge in [0.15, 0.2) is 0 Å². The molecule has 5 heteroatoms. The first-order chi connectivity index (χ1) is 8.10. The van der Waals surface area contributed by atoms with Crippen LogP contribution in [-0.2, 0) is 0 Å². The number of carbonyl (C=O) groups excluding carboxylic acids is 1. The van der Waals surface area contributed by atoms with Crippen molar-refractivity contribution >= 4 is 23.2 Å². The minimum atomic E-state index is -0.194. The second-order valence-corrected chi connectivity index (χ2v) is 3.94. The van der Waals surface area contributed by atoms with Gasteiger partial charge >= 0.3 is 0 Å². The summed E-state index contributed by atoms with van der Waals surface area (Å²) in [6, 6.07) is 6.81. The molecule has 0 unspecified atom stereocenters. The predicted octanol–water partition coefficient (Wildman–Crippen LogP) is 2.30. The number of hydrogen-bond acceptors (Lipinski definition) is 3. The molecule has 0 radical (unpaired) electrons. The van der Waals surface area contributed by atoms with E-state index in [9.17, 15) is 4.79 Å². The van der Waals surface area contributed by atoms with Crippen molar-refractivity contribution in [3.8, 4) is 6.07 Å². The fourth-order valence-electron chi connectivity index (χ4n) is 1.47. The molecule has 0 aliphatic rings. The molecule has 0 atom stereocenters. The third kappa shape index (κ3) is 3.36. The first kappa shape index (κ1) is 13.3. The smallest absolute Gasteiger partial charge is 0.255 e. The quantitative estimate of drug-likeness (QED) is 0.835. The normalized spacial score (nSPS) is 9.71. The number of nitrogens with two attached hydrogens (primary N) is 1. The SMILES string of the molecule is CCN(CCC#N)C(=O)c1cc(N)ccc1Cl. The van der Waals surface area contributed by atoms with E-state index in [0.717, 1.165) is 0 Å². The van der Waals surface area contributed by atoms with Gasteiger partial charge in [0.25, 0.3) is 5.91 Å². The lowest BCUT2D eigenvalue weighted by atomic mass is 10.1. The van der Waals surface area contributed by atoms with Crippen molar-refractivity contribution in [2.24, 2.45) is 0 Å². The van der Waals surface area contributed by atoms with E-state index in [0.29, 0.717) is 35.8 Å². The van der Waals surface area contributed by atoms with Crippen molar-refractivity contribution in [1.82, 2.24) is 4.90 Å². The number of anilines is 1. The van der Waals surface area contributed by atoms with E-state index in [1.54, 1.807) is 23.1 Å². The van der Waals surface area contributed by atoms with Crippen LogP contribution in [0.25, 0.3) is 0 Å². The first-order valence-corrected chi connectivity index (χ1v) is 5.69. The van der Waals surface area contributed by atoms with E-state index in [1.807, 2.05) is 13.0 Å². The predicted molar refractivity (Wildman–Crippen MR) is 67.7 cm³/mol. The Balaban J connectivity index is 2.94. The second kappa shape index (κ2) is 6.12. The zero-order valence-corrected chi connectivity index (χ0v) is 10.4. The van der Waals surface area contributed by atoms with E-state index in [-0.39, 0.29) is 5.91 Å². The maximum absolute atomic E-state index is 12.1. The molecule has 0 saturated heterocycles. The van der Waals surface area contributed by atoms with E-state index in [4.69, 9.17) is 22.6 Å². The Bertz CT molecular complexity index is 454. The summed E-state index contributed by atoms with van der Waals surface area (Å²) in [5, 5.41) is 8.90. The van der Waals surface area contributed by atoms with Crippen molar-refractivity contribution in [3.63, 3.8) is 0 Å². The van der Waals surface area contributed by atoms with E-state index in [1.165, 1.54) is 0 Å². The Morgan fingerprint density at radius 1 is 1.59 bits per heavy atom. The van der Waals surface area contributed by atoms with Gasteiger partial charge in [-0.15, -0.1) is 0 Å². The van der Waals surface area contributed by atoms with Crippen molar-refractivity contribution in [2.45, 2.75) is 13.3 Å². The molecular weight excluding hydrogens is 238 g/mol. The average Bonchev–Trinajstić information content (AvgIpc) is 2.33. The van der Waals surface area contributed by atoms with Crippen LogP contribution in [0.3, 0.4) is 0 Å². The van der Waals surface area contributed by atoms with Crippen LogP contribution >= 0.6 is 11.6 Å². The van der Waals surface area contributed by atoms with Gasteiger partial charge in [0, 0.05) is 18.8 Å². The number of rotatable bonds is 4. The fourth-order valence-corrected chi connectivity index (χ4v) is 1.66. The number of nitrogen functional groups attached to an aromatic ring is 1. The van der Waals surface area contributed by atoms with Gasteiger partial charge in [0.2, 0.25) is 0 Å². The molecule has 0 saturated carbocycles. The Labute approximate surface area is 106 Å². The van der Waals surface area contributed by atoms with Crippen molar-refractivity contribution in [2.75, 3.05) is 18.8 Å². The minimum absolute atomic E-state index is 0.194. The zero-order chi connectivity index (χ0) is 12.8. The molecule has 1 aromatic carbocycles. The van der Waals surface area contributed by atoms with E-state index in [2.05, 4.69) is 0 Å². The number of benzene rings is 1. The van der Waals surface area contributed by atoms with Crippen LogP contribution in [-0.4, -0.2) is 23.9 Å². The summed E-state index contributed by atoms with van der Waals surface area (Å²) < 4.78 is 0. The molecule has 0 bridgehead atoms. The van der Waals surface area contributed by atoms with Gasteiger partial charge in [-0.2, -0.15) is 5.26 Å². The summed E-state index contributed by atoms with van der Waals surface area (Å²) >= 11 is 5.96. The van der Waals surface area contributed by atoms with Gasteiger partial charge in [-0.25, -0.2) is 0 Å². The Morgan fingerprint density at radius 2 is 2.29 bits per heavy atom. The molecule has 17 heavy (non-hydrogen) atoms. The largest absolute Gasteiger partial charge is 0.399 e. The van der Waals surface area contributed by atoms with Crippen LogP contribution in [0.5, 0.6) is 0 Å². The van der Waals surface area contributed by atoms with Gasteiger partial charge in [-0.1, -0.05) is 11.6 Å². The number of carbonyl (C=O) groups is 1. The summed E-state index contributed by atoms with van der Waals surface area (Å²) in [6.45, 7) is 2.79. The third-order valence-corrected chi connectivity index (χ3v) is 2.71. The van der Waals surface area contributed by atoms with Crippen molar-refractivity contribution < 1.29 is 4.79 Å². The van der Waals surface area contributed by atoms with Gasteiger partial charge in [-0.05, 0) is 25.1 Å². The van der Waals surface area contributed by atoms with Crippen LogP contribution in [0.4, 0.5) is 5.69 Å². The maximum atomic E-state index is 12.1. The highest BCUT2D eigenvalue weighted by molar-refractivity contribution is 6.34. The van der Waals surface area contributed by atoms with Crippen LogP contribution < -0.4 is 5.73 Å². The molecule has 2 N–H and O–H groups in total. The van der Waals surface area contributed by atoms with Crippen molar-refractivity contribution in [1.29, 1.82) is 5.26 Å². The fraction of sp³-hybridized carbons (Fsp3) is 0.333. The van der Waals surface area contributed by atoms with Crippen LogP contribution in [0.1, 0.15) is 23.7 Å². The van der Waals surface area contributed by atoms with Crippen LogP contribution in [0, 0.1) is 11.3 Å². The molecule has 0 aromatic heterocycles. The number of amides is 1. The highest BCUT2D eigenvalue weighted by Crippen LogP contribution is 2.20.